The minimum absolute atomic E-state index is 0.00331. The van der Waals surface area contributed by atoms with Crippen molar-refractivity contribution in [1.29, 1.82) is 0 Å². The largest absolute Gasteiger partial charge is 0.399 e. The van der Waals surface area contributed by atoms with Gasteiger partial charge in [0.15, 0.2) is 0 Å². The molecule has 1 atom stereocenters. The maximum atomic E-state index is 12.9. The molecule has 1 aromatic carbocycles. The molecule has 0 saturated carbocycles. The Hall–Kier alpha value is -2.60. The standard InChI is InChI=1S/C17H16N4OS/c1-19-13-6-8-20-16-14(13)12-7-9-21(17(22)15(12)23-16)11-4-2-10(18)3-5-11/h2-9,16,19-20H,18H2,1H3. The number of hydrogen-bond acceptors (Lipinski definition) is 5. The summed E-state index contributed by atoms with van der Waals surface area (Å²) in [5.74, 6) is 0. The van der Waals surface area contributed by atoms with Crippen LogP contribution < -0.4 is 21.9 Å². The van der Waals surface area contributed by atoms with Crippen LogP contribution in [0.2, 0.25) is 0 Å². The molecule has 0 radical (unpaired) electrons. The molecule has 5 nitrogen and oxygen atoms in total. The molecule has 23 heavy (non-hydrogen) atoms. The minimum atomic E-state index is -0.00331. The van der Waals surface area contributed by atoms with Gasteiger partial charge in [-0.1, -0.05) is 11.8 Å². The van der Waals surface area contributed by atoms with Crippen molar-refractivity contribution in [2.24, 2.45) is 0 Å². The number of nitrogen functional groups attached to an aromatic ring is 1. The second-order valence-corrected chi connectivity index (χ2v) is 6.52. The molecule has 4 rings (SSSR count). The summed E-state index contributed by atoms with van der Waals surface area (Å²) in [5, 5.41) is 6.59. The van der Waals surface area contributed by atoms with Gasteiger partial charge in [-0.25, -0.2) is 0 Å². The van der Waals surface area contributed by atoms with Gasteiger partial charge in [-0.15, -0.1) is 0 Å². The fourth-order valence-corrected chi connectivity index (χ4v) is 4.19. The first-order valence-electron chi connectivity index (χ1n) is 7.32. The van der Waals surface area contributed by atoms with Crippen LogP contribution in [0.5, 0.6) is 0 Å². The third kappa shape index (κ3) is 2.14. The molecule has 2 aromatic rings. The number of dihydropyridines is 1. The molecule has 2 aliphatic rings. The van der Waals surface area contributed by atoms with Gasteiger partial charge in [0.05, 0.1) is 4.90 Å². The van der Waals surface area contributed by atoms with E-state index in [1.807, 2.05) is 43.7 Å². The SMILES string of the molecule is CNC1=C2c3ccn(-c4ccc(N)cc4)c(=O)c3SC2NC=C1. The molecule has 0 fully saturated rings. The van der Waals surface area contributed by atoms with E-state index in [1.165, 1.54) is 0 Å². The van der Waals surface area contributed by atoms with E-state index in [2.05, 4.69) is 10.6 Å². The number of benzene rings is 1. The first kappa shape index (κ1) is 14.0. The molecular weight excluding hydrogens is 308 g/mol. The highest BCUT2D eigenvalue weighted by Crippen LogP contribution is 2.44. The van der Waals surface area contributed by atoms with Crippen LogP contribution in [0, 0.1) is 0 Å². The van der Waals surface area contributed by atoms with Gasteiger partial charge < -0.3 is 16.4 Å². The van der Waals surface area contributed by atoms with E-state index < -0.39 is 0 Å². The van der Waals surface area contributed by atoms with Gasteiger partial charge in [0.1, 0.15) is 5.37 Å². The summed E-state index contributed by atoms with van der Waals surface area (Å²) in [5.41, 5.74) is 10.4. The zero-order valence-electron chi connectivity index (χ0n) is 12.5. The third-order valence-corrected chi connectivity index (χ3v) is 5.30. The number of pyridine rings is 1. The van der Waals surface area contributed by atoms with E-state index in [0.717, 1.165) is 27.4 Å². The number of allylic oxidation sites excluding steroid dienone is 1. The minimum Gasteiger partial charge on any atom is -0.399 e. The third-order valence-electron chi connectivity index (χ3n) is 4.06. The Kier molecular flexibility index (Phi) is 3.20. The summed E-state index contributed by atoms with van der Waals surface area (Å²) >= 11 is 1.56. The molecule has 4 N–H and O–H groups in total. The molecule has 0 bridgehead atoms. The van der Waals surface area contributed by atoms with E-state index in [9.17, 15) is 4.79 Å². The molecule has 0 amide bonds. The number of aromatic nitrogens is 1. The van der Waals surface area contributed by atoms with E-state index in [1.54, 1.807) is 28.5 Å². The molecule has 0 spiro atoms. The summed E-state index contributed by atoms with van der Waals surface area (Å²) in [6.45, 7) is 0. The van der Waals surface area contributed by atoms with Crippen molar-refractivity contribution in [3.8, 4) is 5.69 Å². The molecule has 3 heterocycles. The van der Waals surface area contributed by atoms with Crippen molar-refractivity contribution >= 4 is 23.0 Å². The number of hydrogen-bond donors (Lipinski definition) is 3. The number of likely N-dealkylation sites (N-methyl/N-ethyl adjacent to an activating group) is 1. The Balaban J connectivity index is 1.88. The number of nitrogens with two attached hydrogens (primary N) is 1. The molecule has 2 aliphatic heterocycles. The van der Waals surface area contributed by atoms with Crippen LogP contribution in [-0.2, 0) is 0 Å². The van der Waals surface area contributed by atoms with E-state index in [-0.39, 0.29) is 10.9 Å². The Morgan fingerprint density at radius 3 is 2.78 bits per heavy atom. The van der Waals surface area contributed by atoms with Crippen molar-refractivity contribution < 1.29 is 0 Å². The van der Waals surface area contributed by atoms with E-state index in [0.29, 0.717) is 5.69 Å². The lowest BCUT2D eigenvalue weighted by Crippen LogP contribution is -2.25. The Morgan fingerprint density at radius 1 is 1.26 bits per heavy atom. The molecular formula is C17H16N4OS. The normalized spacial score (nSPS) is 18.4. The Labute approximate surface area is 137 Å². The predicted octanol–water partition coefficient (Wildman–Crippen LogP) is 1.90. The van der Waals surface area contributed by atoms with Gasteiger partial charge in [-0.3, -0.25) is 9.36 Å². The van der Waals surface area contributed by atoms with Crippen LogP contribution >= 0.6 is 11.8 Å². The van der Waals surface area contributed by atoms with Crippen molar-refractivity contribution in [1.82, 2.24) is 15.2 Å². The lowest BCUT2D eigenvalue weighted by molar-refractivity contribution is 0.894. The maximum Gasteiger partial charge on any atom is 0.269 e. The summed E-state index contributed by atoms with van der Waals surface area (Å²) < 4.78 is 1.66. The summed E-state index contributed by atoms with van der Waals surface area (Å²) in [4.78, 5) is 13.7. The highest BCUT2D eigenvalue weighted by Gasteiger charge is 2.33. The number of nitrogens with one attached hydrogen (secondary N) is 2. The maximum absolute atomic E-state index is 12.9. The Morgan fingerprint density at radius 2 is 2.04 bits per heavy atom. The van der Waals surface area contributed by atoms with E-state index >= 15 is 0 Å². The summed E-state index contributed by atoms with van der Waals surface area (Å²) in [7, 11) is 1.90. The lowest BCUT2D eigenvalue weighted by atomic mass is 10.0. The summed E-state index contributed by atoms with van der Waals surface area (Å²) in [6.07, 6.45) is 5.73. The molecule has 6 heteroatoms. The van der Waals surface area contributed by atoms with Crippen LogP contribution in [0.25, 0.3) is 11.3 Å². The average Bonchev–Trinajstić information content (AvgIpc) is 2.96. The van der Waals surface area contributed by atoms with Crippen LogP contribution in [0.4, 0.5) is 5.69 Å². The second kappa shape index (κ2) is 5.24. The van der Waals surface area contributed by atoms with Gasteiger partial charge >= 0.3 is 0 Å². The number of anilines is 1. The number of fused-ring (bicyclic) bond motifs is 3. The van der Waals surface area contributed by atoms with Gasteiger partial charge in [0, 0.05) is 41.5 Å². The van der Waals surface area contributed by atoms with Crippen molar-refractivity contribution in [2.45, 2.75) is 10.3 Å². The van der Waals surface area contributed by atoms with Gasteiger partial charge in [0.2, 0.25) is 0 Å². The highest BCUT2D eigenvalue weighted by atomic mass is 32.2. The van der Waals surface area contributed by atoms with E-state index in [4.69, 9.17) is 5.73 Å². The number of thioether (sulfide) groups is 1. The van der Waals surface area contributed by atoms with Crippen LogP contribution in [-0.4, -0.2) is 17.0 Å². The topological polar surface area (TPSA) is 72.1 Å². The number of nitrogens with zero attached hydrogens (tertiary/aromatic N) is 1. The van der Waals surface area contributed by atoms with Crippen LogP contribution in [0.3, 0.4) is 0 Å². The van der Waals surface area contributed by atoms with Crippen molar-refractivity contribution in [2.75, 3.05) is 12.8 Å². The lowest BCUT2D eigenvalue weighted by Gasteiger charge is -2.19. The van der Waals surface area contributed by atoms with Gasteiger partial charge in [-0.05, 0) is 42.6 Å². The zero-order chi connectivity index (χ0) is 16.0. The fraction of sp³-hybridized carbons (Fsp3) is 0.118. The van der Waals surface area contributed by atoms with Crippen LogP contribution in [0.15, 0.2) is 64.2 Å². The quantitative estimate of drug-likeness (QED) is 0.736. The molecule has 0 saturated heterocycles. The van der Waals surface area contributed by atoms with Crippen molar-refractivity contribution in [3.05, 3.63) is 70.4 Å². The second-order valence-electron chi connectivity index (χ2n) is 5.40. The summed E-state index contributed by atoms with van der Waals surface area (Å²) in [6, 6.07) is 9.32. The monoisotopic (exact) mass is 324 g/mol. The first-order chi connectivity index (χ1) is 11.2. The molecule has 1 aromatic heterocycles. The van der Waals surface area contributed by atoms with Crippen molar-refractivity contribution in [3.63, 3.8) is 0 Å². The zero-order valence-corrected chi connectivity index (χ0v) is 13.4. The smallest absolute Gasteiger partial charge is 0.269 e. The average molecular weight is 324 g/mol. The molecule has 1 unspecified atom stereocenters. The first-order valence-corrected chi connectivity index (χ1v) is 8.20. The molecule has 116 valence electrons. The fourth-order valence-electron chi connectivity index (χ4n) is 2.93. The van der Waals surface area contributed by atoms with Crippen LogP contribution in [0.1, 0.15) is 5.56 Å². The predicted molar refractivity (Wildman–Crippen MR) is 94.4 cm³/mol. The van der Waals surface area contributed by atoms with Gasteiger partial charge in [-0.2, -0.15) is 0 Å². The highest BCUT2D eigenvalue weighted by molar-refractivity contribution is 8.00. The molecule has 0 aliphatic carbocycles. The number of rotatable bonds is 2. The Bertz CT molecular complexity index is 896. The van der Waals surface area contributed by atoms with Gasteiger partial charge in [0.25, 0.3) is 5.56 Å².